The second-order valence-corrected chi connectivity index (χ2v) is 3.09. The molecule has 3 N–H and O–H groups in total. The Morgan fingerprint density at radius 1 is 1.14 bits per heavy atom. The fourth-order valence-corrected chi connectivity index (χ4v) is 1.33. The molecule has 0 aromatic heterocycles. The number of nitrogen functional groups attached to an aromatic ring is 1. The highest BCUT2D eigenvalue weighted by molar-refractivity contribution is 5.87. The molecular weight excluding hydrogens is 172 g/mol. The Morgan fingerprint density at radius 2 is 1.64 bits per heavy atom. The number of hydrogen-bond acceptors (Lipinski definition) is 2. The van der Waals surface area contributed by atoms with E-state index >= 15 is 0 Å². The van der Waals surface area contributed by atoms with Crippen molar-refractivity contribution in [3.8, 4) is 0 Å². The number of rotatable bonds is 1. The van der Waals surface area contributed by atoms with Crippen molar-refractivity contribution in [2.75, 3.05) is 5.73 Å². The number of benzene rings is 1. The Bertz CT molecular complexity index is 328. The van der Waals surface area contributed by atoms with Crippen LogP contribution in [0.3, 0.4) is 0 Å². The highest BCUT2D eigenvalue weighted by atomic mass is 14.6. The summed E-state index contributed by atoms with van der Waals surface area (Å²) in [5.41, 5.74) is 10.8. The van der Waals surface area contributed by atoms with Crippen LogP contribution < -0.4 is 5.73 Å². The van der Waals surface area contributed by atoms with E-state index in [1.165, 1.54) is 17.3 Å². The Hall–Kier alpha value is -1.31. The first-order chi connectivity index (χ1) is 6.57. The fraction of sp³-hybridized carbons (Fsp3) is 0.417. The van der Waals surface area contributed by atoms with Crippen LogP contribution >= 0.6 is 0 Å². The Labute approximate surface area is 86.7 Å². The van der Waals surface area contributed by atoms with Crippen LogP contribution in [0, 0.1) is 26.2 Å². The molecule has 0 aliphatic heterocycles. The lowest BCUT2D eigenvalue weighted by Crippen LogP contribution is -2.00. The normalized spacial score (nSPS) is 8.93. The molecule has 0 bridgehead atoms. The van der Waals surface area contributed by atoms with Gasteiger partial charge in [-0.2, -0.15) is 0 Å². The maximum atomic E-state index is 7.19. The van der Waals surface area contributed by atoms with Gasteiger partial charge in [0.05, 0.1) is 0 Å². The summed E-state index contributed by atoms with van der Waals surface area (Å²) in [4.78, 5) is 0. The van der Waals surface area contributed by atoms with Crippen LogP contribution in [0.25, 0.3) is 0 Å². The van der Waals surface area contributed by atoms with Crippen molar-refractivity contribution in [3.63, 3.8) is 0 Å². The minimum Gasteiger partial charge on any atom is -0.398 e. The maximum Gasteiger partial charge on any atom is 0.0408 e. The largest absolute Gasteiger partial charge is 0.398 e. The van der Waals surface area contributed by atoms with Gasteiger partial charge in [0.1, 0.15) is 0 Å². The number of nitrogens with two attached hydrogens (primary N) is 1. The van der Waals surface area contributed by atoms with Crippen molar-refractivity contribution in [1.29, 1.82) is 5.41 Å². The second-order valence-electron chi connectivity index (χ2n) is 3.09. The zero-order chi connectivity index (χ0) is 11.3. The highest BCUT2D eigenvalue weighted by Gasteiger charge is 2.05. The van der Waals surface area contributed by atoms with Gasteiger partial charge in [-0.1, -0.05) is 13.8 Å². The third-order valence-electron chi connectivity index (χ3n) is 2.39. The zero-order valence-corrected chi connectivity index (χ0v) is 9.73. The molecule has 0 fully saturated rings. The van der Waals surface area contributed by atoms with Crippen molar-refractivity contribution < 1.29 is 0 Å². The predicted molar refractivity (Wildman–Crippen MR) is 64.3 cm³/mol. The smallest absolute Gasteiger partial charge is 0.0408 e. The van der Waals surface area contributed by atoms with E-state index in [1.54, 1.807) is 0 Å². The molecule has 14 heavy (non-hydrogen) atoms. The van der Waals surface area contributed by atoms with Gasteiger partial charge in [0.2, 0.25) is 0 Å². The van der Waals surface area contributed by atoms with Gasteiger partial charge >= 0.3 is 0 Å². The number of anilines is 1. The van der Waals surface area contributed by atoms with E-state index in [-0.39, 0.29) is 0 Å². The molecule has 0 aliphatic rings. The van der Waals surface area contributed by atoms with Crippen molar-refractivity contribution in [1.82, 2.24) is 0 Å². The summed E-state index contributed by atoms with van der Waals surface area (Å²) in [7, 11) is 0. The number of hydrogen-bond donors (Lipinski definition) is 2. The van der Waals surface area contributed by atoms with Gasteiger partial charge in [0.25, 0.3) is 0 Å². The summed E-state index contributed by atoms with van der Waals surface area (Å²) in [5.74, 6) is 0. The molecular formula is C12H20N2. The zero-order valence-electron chi connectivity index (χ0n) is 9.73. The van der Waals surface area contributed by atoms with Gasteiger partial charge in [-0.3, -0.25) is 0 Å². The summed E-state index contributed by atoms with van der Waals surface area (Å²) in [6.45, 7) is 10.1. The van der Waals surface area contributed by atoms with Gasteiger partial charge in [0.15, 0.2) is 0 Å². The lowest BCUT2D eigenvalue weighted by molar-refractivity contribution is 1.26. The summed E-state index contributed by atoms with van der Waals surface area (Å²) in [5, 5.41) is 7.19. The standard InChI is InChI=1S/C10H14N2.C2H6/c1-6-4-10(12)9(5-11)8(3)7(6)2;1-2/h4-5,11H,12H2,1-3H3;1-2H3. The molecule has 1 aromatic carbocycles. The number of nitrogens with one attached hydrogen (secondary N) is 1. The Kier molecular flexibility index (Phi) is 4.92. The highest BCUT2D eigenvalue weighted by Crippen LogP contribution is 2.21. The van der Waals surface area contributed by atoms with E-state index in [9.17, 15) is 0 Å². The van der Waals surface area contributed by atoms with Gasteiger partial charge < -0.3 is 11.1 Å². The van der Waals surface area contributed by atoms with E-state index < -0.39 is 0 Å². The first kappa shape index (κ1) is 12.7. The van der Waals surface area contributed by atoms with Crippen molar-refractivity contribution >= 4 is 11.9 Å². The molecule has 1 aromatic rings. The van der Waals surface area contributed by atoms with Crippen molar-refractivity contribution in [3.05, 3.63) is 28.3 Å². The van der Waals surface area contributed by atoms with E-state index in [0.717, 1.165) is 11.1 Å². The molecule has 0 spiro atoms. The minimum atomic E-state index is 0.700. The summed E-state index contributed by atoms with van der Waals surface area (Å²) >= 11 is 0. The van der Waals surface area contributed by atoms with Crippen molar-refractivity contribution in [2.45, 2.75) is 34.6 Å². The molecule has 0 amide bonds. The Balaban J connectivity index is 0.000000791. The lowest BCUT2D eigenvalue weighted by Gasteiger charge is -2.10. The quantitative estimate of drug-likeness (QED) is 0.521. The third kappa shape index (κ3) is 2.34. The molecule has 1 rings (SSSR count). The number of aryl methyl sites for hydroxylation is 1. The van der Waals surface area contributed by atoms with Gasteiger partial charge in [-0.05, 0) is 43.5 Å². The van der Waals surface area contributed by atoms with E-state index in [1.807, 2.05) is 33.8 Å². The topological polar surface area (TPSA) is 49.9 Å². The lowest BCUT2D eigenvalue weighted by atomic mass is 9.98. The molecule has 2 heteroatoms. The van der Waals surface area contributed by atoms with Crippen LogP contribution in [0.5, 0.6) is 0 Å². The van der Waals surface area contributed by atoms with E-state index in [0.29, 0.717) is 5.69 Å². The predicted octanol–water partition coefficient (Wildman–Crippen LogP) is 3.22. The van der Waals surface area contributed by atoms with Crippen LogP contribution in [-0.2, 0) is 0 Å². The monoisotopic (exact) mass is 192 g/mol. The van der Waals surface area contributed by atoms with E-state index in [2.05, 4.69) is 6.92 Å². The SMILES string of the molecule is CC.Cc1cc(N)c(C=N)c(C)c1C. The molecule has 2 nitrogen and oxygen atoms in total. The average Bonchev–Trinajstić information content (AvgIpc) is 2.18. The van der Waals surface area contributed by atoms with Gasteiger partial charge in [-0.15, -0.1) is 0 Å². The fourth-order valence-electron chi connectivity index (χ4n) is 1.33. The maximum absolute atomic E-state index is 7.19. The van der Waals surface area contributed by atoms with Crippen LogP contribution in [0.1, 0.15) is 36.1 Å². The molecule has 78 valence electrons. The van der Waals surface area contributed by atoms with Gasteiger partial charge in [0, 0.05) is 17.5 Å². The molecule has 0 aliphatic carbocycles. The Morgan fingerprint density at radius 3 is 2.07 bits per heavy atom. The average molecular weight is 192 g/mol. The summed E-state index contributed by atoms with van der Waals surface area (Å²) in [6.07, 6.45) is 1.32. The molecule has 0 unspecified atom stereocenters. The molecule has 0 saturated carbocycles. The summed E-state index contributed by atoms with van der Waals surface area (Å²) in [6, 6.07) is 1.92. The third-order valence-corrected chi connectivity index (χ3v) is 2.39. The second kappa shape index (κ2) is 5.43. The first-order valence-corrected chi connectivity index (χ1v) is 4.94. The molecule has 0 atom stereocenters. The van der Waals surface area contributed by atoms with E-state index in [4.69, 9.17) is 11.1 Å². The molecule has 0 heterocycles. The van der Waals surface area contributed by atoms with Crippen LogP contribution in [0.15, 0.2) is 6.07 Å². The molecule has 0 saturated heterocycles. The van der Waals surface area contributed by atoms with Crippen LogP contribution in [0.4, 0.5) is 5.69 Å². The molecule has 0 radical (unpaired) electrons. The van der Waals surface area contributed by atoms with Crippen LogP contribution in [-0.4, -0.2) is 6.21 Å². The van der Waals surface area contributed by atoms with Crippen LogP contribution in [0.2, 0.25) is 0 Å². The first-order valence-electron chi connectivity index (χ1n) is 4.94. The van der Waals surface area contributed by atoms with Gasteiger partial charge in [-0.25, -0.2) is 0 Å². The minimum absolute atomic E-state index is 0.700. The summed E-state index contributed by atoms with van der Waals surface area (Å²) < 4.78 is 0. The van der Waals surface area contributed by atoms with Crippen molar-refractivity contribution in [2.24, 2.45) is 0 Å².